The average Bonchev–Trinajstić information content (AvgIpc) is 2.67. The van der Waals surface area contributed by atoms with Gasteiger partial charge < -0.3 is 14.8 Å². The van der Waals surface area contributed by atoms with Crippen LogP contribution in [0.4, 0.5) is 4.79 Å². The van der Waals surface area contributed by atoms with E-state index in [0.29, 0.717) is 18.9 Å². The zero-order valence-corrected chi connectivity index (χ0v) is 17.0. The van der Waals surface area contributed by atoms with Gasteiger partial charge in [0, 0.05) is 19.4 Å². The number of hydrogen-bond donors (Lipinski definition) is 2. The highest BCUT2D eigenvalue weighted by Gasteiger charge is 2.36. The summed E-state index contributed by atoms with van der Waals surface area (Å²) in [6, 6.07) is 10.5. The van der Waals surface area contributed by atoms with Crippen LogP contribution in [0.1, 0.15) is 25.1 Å². The molecule has 0 saturated heterocycles. The van der Waals surface area contributed by atoms with Crippen LogP contribution in [0.5, 0.6) is 0 Å². The highest BCUT2D eigenvalue weighted by Crippen LogP contribution is 2.25. The molecule has 152 valence electrons. The van der Waals surface area contributed by atoms with Gasteiger partial charge in [-0.15, -0.1) is 0 Å². The fourth-order valence-corrected chi connectivity index (χ4v) is 3.50. The summed E-state index contributed by atoms with van der Waals surface area (Å²) in [6.45, 7) is 5.91. The number of amides is 2. The molecule has 0 aliphatic heterocycles. The molecule has 1 aromatic carbocycles. The van der Waals surface area contributed by atoms with Gasteiger partial charge in [0.05, 0.1) is 11.4 Å². The second-order valence-corrected chi connectivity index (χ2v) is 7.62. The van der Waals surface area contributed by atoms with Crippen molar-refractivity contribution in [3.05, 3.63) is 59.9 Å². The number of aromatic nitrogens is 1. The third kappa shape index (κ3) is 5.51. The number of rotatable bonds is 9. The molecule has 0 spiro atoms. The molecule has 28 heavy (non-hydrogen) atoms. The van der Waals surface area contributed by atoms with Crippen LogP contribution in [0, 0.1) is 6.92 Å². The minimum Gasteiger partial charge on any atom is -0.344 e. The molecule has 2 N–H and O–H groups in total. The molecule has 0 fully saturated rings. The average molecular weight is 407 g/mol. The molecule has 8 nitrogen and oxygen atoms in total. The van der Waals surface area contributed by atoms with E-state index in [0.717, 1.165) is 5.56 Å². The van der Waals surface area contributed by atoms with Crippen LogP contribution in [-0.2, 0) is 25.3 Å². The van der Waals surface area contributed by atoms with Crippen molar-refractivity contribution in [3.63, 3.8) is 0 Å². The number of pyridine rings is 1. The number of nitrogens with one attached hydrogen (secondary N) is 2. The lowest BCUT2D eigenvalue weighted by Gasteiger charge is -2.32. The first-order valence-corrected chi connectivity index (χ1v) is 10.4. The molecular weight excluding hydrogens is 382 g/mol. The Hall–Kier alpha value is -2.49. The van der Waals surface area contributed by atoms with Crippen LogP contribution < -0.4 is 10.0 Å². The molecule has 0 aliphatic carbocycles. The monoisotopic (exact) mass is 407 g/mol. The molecular formula is C19H25N3O5S. The highest BCUT2D eigenvalue weighted by molar-refractivity contribution is 7.90. The van der Waals surface area contributed by atoms with Gasteiger partial charge in [-0.3, -0.25) is 4.98 Å². The second kappa shape index (κ2) is 9.63. The number of carbonyl (C=O) groups is 1. The van der Waals surface area contributed by atoms with Crippen LogP contribution in [0.25, 0.3) is 0 Å². The standard InChI is InChI=1S/C19H25N3O5S/c1-4-26-19(27-5-2,17-8-6-7-13-20-17)14-21-18(23)22-28(24,25)16-11-9-15(3)10-12-16/h6-13H,4-5,14H2,1-3H3,(H2,21,22,23). The van der Waals surface area contributed by atoms with Gasteiger partial charge in [-0.25, -0.2) is 17.9 Å². The maximum atomic E-state index is 12.4. The fourth-order valence-electron chi connectivity index (χ4n) is 2.57. The van der Waals surface area contributed by atoms with Crippen molar-refractivity contribution in [3.8, 4) is 0 Å². The number of benzene rings is 1. The highest BCUT2D eigenvalue weighted by atomic mass is 32.2. The fraction of sp³-hybridized carbons (Fsp3) is 0.368. The van der Waals surface area contributed by atoms with Crippen LogP contribution in [0.3, 0.4) is 0 Å². The van der Waals surface area contributed by atoms with E-state index in [4.69, 9.17) is 9.47 Å². The SMILES string of the molecule is CCOC(CNC(=O)NS(=O)(=O)c1ccc(C)cc1)(OCC)c1ccccn1. The van der Waals surface area contributed by atoms with Crippen molar-refractivity contribution in [1.82, 2.24) is 15.0 Å². The quantitative estimate of drug-likeness (QED) is 0.618. The summed E-state index contributed by atoms with van der Waals surface area (Å²) in [7, 11) is -3.99. The number of sulfonamides is 1. The Labute approximate surface area is 165 Å². The van der Waals surface area contributed by atoms with E-state index in [1.54, 1.807) is 50.4 Å². The predicted molar refractivity (Wildman–Crippen MR) is 104 cm³/mol. The first kappa shape index (κ1) is 21.8. The number of urea groups is 1. The van der Waals surface area contributed by atoms with Gasteiger partial charge in [0.15, 0.2) is 0 Å². The zero-order valence-electron chi connectivity index (χ0n) is 16.1. The molecule has 9 heteroatoms. The van der Waals surface area contributed by atoms with E-state index in [1.165, 1.54) is 12.1 Å². The molecule has 2 aromatic rings. The van der Waals surface area contributed by atoms with E-state index in [2.05, 4.69) is 10.3 Å². The van der Waals surface area contributed by atoms with Gasteiger partial charge in [-0.05, 0) is 45.0 Å². The number of hydrogen-bond acceptors (Lipinski definition) is 6. The van der Waals surface area contributed by atoms with Gasteiger partial charge >= 0.3 is 6.03 Å². The number of carbonyl (C=O) groups excluding carboxylic acids is 1. The van der Waals surface area contributed by atoms with Crippen molar-refractivity contribution in [1.29, 1.82) is 0 Å². The summed E-state index contributed by atoms with van der Waals surface area (Å²) >= 11 is 0. The van der Waals surface area contributed by atoms with Crippen LogP contribution in [-0.4, -0.2) is 39.2 Å². The van der Waals surface area contributed by atoms with E-state index >= 15 is 0 Å². The van der Waals surface area contributed by atoms with Crippen molar-refractivity contribution in [2.75, 3.05) is 19.8 Å². The summed E-state index contributed by atoms with van der Waals surface area (Å²) in [4.78, 5) is 16.5. The van der Waals surface area contributed by atoms with Crippen molar-refractivity contribution < 1.29 is 22.7 Å². The third-order valence-electron chi connectivity index (χ3n) is 3.85. The second-order valence-electron chi connectivity index (χ2n) is 5.94. The topological polar surface area (TPSA) is 107 Å². The molecule has 0 aliphatic rings. The summed E-state index contributed by atoms with van der Waals surface area (Å²) in [5.41, 5.74) is 1.39. The Bertz CT molecular complexity index is 864. The predicted octanol–water partition coefficient (Wildman–Crippen LogP) is 2.30. The lowest BCUT2D eigenvalue weighted by atomic mass is 10.1. The zero-order chi connectivity index (χ0) is 20.6. The molecule has 2 rings (SSSR count). The molecule has 0 radical (unpaired) electrons. The summed E-state index contributed by atoms with van der Waals surface area (Å²) in [5, 5.41) is 2.51. The Morgan fingerprint density at radius 3 is 2.25 bits per heavy atom. The van der Waals surface area contributed by atoms with E-state index in [1.807, 2.05) is 11.6 Å². The molecule has 0 unspecified atom stereocenters. The Morgan fingerprint density at radius 1 is 1.07 bits per heavy atom. The smallest absolute Gasteiger partial charge is 0.328 e. The molecule has 0 bridgehead atoms. The minimum absolute atomic E-state index is 0.00106. The normalized spacial score (nSPS) is 11.8. The van der Waals surface area contributed by atoms with Gasteiger partial charge in [-0.2, -0.15) is 0 Å². The van der Waals surface area contributed by atoms with Gasteiger partial charge in [0.2, 0.25) is 5.79 Å². The third-order valence-corrected chi connectivity index (χ3v) is 5.20. The molecule has 1 aromatic heterocycles. The largest absolute Gasteiger partial charge is 0.344 e. The van der Waals surface area contributed by atoms with Crippen molar-refractivity contribution in [2.45, 2.75) is 31.5 Å². The Kier molecular flexibility index (Phi) is 7.50. The summed E-state index contributed by atoms with van der Waals surface area (Å²) < 4.78 is 38.2. The first-order chi connectivity index (χ1) is 13.3. The number of ether oxygens (including phenoxy) is 2. The minimum atomic E-state index is -3.99. The van der Waals surface area contributed by atoms with Crippen molar-refractivity contribution >= 4 is 16.1 Å². The number of nitrogens with zero attached hydrogens (tertiary/aromatic N) is 1. The Morgan fingerprint density at radius 2 is 1.71 bits per heavy atom. The maximum absolute atomic E-state index is 12.4. The lowest BCUT2D eigenvalue weighted by Crippen LogP contribution is -2.49. The summed E-state index contributed by atoms with van der Waals surface area (Å²) in [5.74, 6) is -1.32. The van der Waals surface area contributed by atoms with E-state index < -0.39 is 21.8 Å². The molecule has 0 atom stereocenters. The van der Waals surface area contributed by atoms with Crippen LogP contribution in [0.2, 0.25) is 0 Å². The van der Waals surface area contributed by atoms with Crippen molar-refractivity contribution in [2.24, 2.45) is 0 Å². The van der Waals surface area contributed by atoms with Gasteiger partial charge in [-0.1, -0.05) is 23.8 Å². The van der Waals surface area contributed by atoms with Gasteiger partial charge in [0.1, 0.15) is 5.69 Å². The molecule has 1 heterocycles. The summed E-state index contributed by atoms with van der Waals surface area (Å²) in [6.07, 6.45) is 1.59. The molecule has 2 amide bonds. The van der Waals surface area contributed by atoms with E-state index in [9.17, 15) is 13.2 Å². The molecule has 0 saturated carbocycles. The van der Waals surface area contributed by atoms with Crippen LogP contribution >= 0.6 is 0 Å². The van der Waals surface area contributed by atoms with E-state index in [-0.39, 0.29) is 11.4 Å². The number of aryl methyl sites for hydroxylation is 1. The van der Waals surface area contributed by atoms with Gasteiger partial charge in [0.25, 0.3) is 10.0 Å². The first-order valence-electron chi connectivity index (χ1n) is 8.89. The Balaban J connectivity index is 2.13. The van der Waals surface area contributed by atoms with Crippen LogP contribution in [0.15, 0.2) is 53.6 Å². The lowest BCUT2D eigenvalue weighted by molar-refractivity contribution is -0.240. The maximum Gasteiger partial charge on any atom is 0.328 e.